The molecule has 14 heavy (non-hydrogen) atoms. The second kappa shape index (κ2) is 3.81. The lowest BCUT2D eigenvalue weighted by atomic mass is 9.74. The molecule has 82 valence electrons. The summed E-state index contributed by atoms with van der Waals surface area (Å²) in [6.45, 7) is 0.0502. The lowest BCUT2D eigenvalue weighted by Crippen LogP contribution is -2.37. The van der Waals surface area contributed by atoms with Crippen molar-refractivity contribution in [3.63, 3.8) is 0 Å². The van der Waals surface area contributed by atoms with Crippen molar-refractivity contribution in [1.82, 2.24) is 0 Å². The van der Waals surface area contributed by atoms with E-state index in [1.54, 1.807) is 0 Å². The Balaban J connectivity index is 2.10. The van der Waals surface area contributed by atoms with Gasteiger partial charge in [-0.1, -0.05) is 19.3 Å². The van der Waals surface area contributed by atoms with Crippen molar-refractivity contribution in [1.29, 1.82) is 0 Å². The molecule has 1 aliphatic heterocycles. The SMILES string of the molecule is O=S1(=O)CCCC1C(CO)C1CCC1. The highest BCUT2D eigenvalue weighted by molar-refractivity contribution is 7.92. The summed E-state index contributed by atoms with van der Waals surface area (Å²) in [5, 5.41) is 9.05. The molecule has 4 heteroatoms. The number of sulfone groups is 1. The summed E-state index contributed by atoms with van der Waals surface area (Å²) in [5.74, 6) is 0.829. The quantitative estimate of drug-likeness (QED) is 0.768. The molecular weight excluding hydrogens is 200 g/mol. The topological polar surface area (TPSA) is 54.4 Å². The van der Waals surface area contributed by atoms with Gasteiger partial charge in [-0.3, -0.25) is 0 Å². The number of aliphatic hydroxyl groups is 1. The van der Waals surface area contributed by atoms with E-state index in [9.17, 15) is 13.5 Å². The minimum atomic E-state index is -2.88. The molecule has 2 aliphatic rings. The van der Waals surface area contributed by atoms with Crippen LogP contribution >= 0.6 is 0 Å². The summed E-state index contributed by atoms with van der Waals surface area (Å²) in [6, 6.07) is 0. The molecule has 0 aromatic heterocycles. The Kier molecular flexibility index (Phi) is 2.84. The summed E-state index contributed by atoms with van der Waals surface area (Å²) in [7, 11) is -2.88. The van der Waals surface area contributed by atoms with E-state index in [0.717, 1.165) is 25.7 Å². The van der Waals surface area contributed by atoms with Crippen LogP contribution in [0.4, 0.5) is 0 Å². The Morgan fingerprint density at radius 3 is 2.29 bits per heavy atom. The lowest BCUT2D eigenvalue weighted by Gasteiger charge is -2.35. The average Bonchev–Trinajstić information content (AvgIpc) is 2.37. The van der Waals surface area contributed by atoms with E-state index in [2.05, 4.69) is 0 Å². The smallest absolute Gasteiger partial charge is 0.153 e. The average molecular weight is 218 g/mol. The Labute approximate surface area is 85.4 Å². The standard InChI is InChI=1S/C10H18O3S/c11-7-9(8-3-1-4-8)10-5-2-6-14(10,12)13/h8-11H,1-7H2. The van der Waals surface area contributed by atoms with Gasteiger partial charge in [0.2, 0.25) is 0 Å². The fourth-order valence-electron chi connectivity index (χ4n) is 2.74. The molecule has 0 spiro atoms. The van der Waals surface area contributed by atoms with Crippen molar-refractivity contribution < 1.29 is 13.5 Å². The molecule has 1 aliphatic carbocycles. The number of hydrogen-bond donors (Lipinski definition) is 1. The highest BCUT2D eigenvalue weighted by atomic mass is 32.2. The van der Waals surface area contributed by atoms with Gasteiger partial charge in [-0.2, -0.15) is 0 Å². The molecule has 1 N–H and O–H groups in total. The predicted molar refractivity (Wildman–Crippen MR) is 54.7 cm³/mol. The maximum atomic E-state index is 11.7. The van der Waals surface area contributed by atoms with Gasteiger partial charge < -0.3 is 5.11 Å². The second-order valence-corrected chi connectivity index (χ2v) is 6.92. The van der Waals surface area contributed by atoms with Gasteiger partial charge in [0, 0.05) is 12.5 Å². The van der Waals surface area contributed by atoms with Crippen LogP contribution in [0.25, 0.3) is 0 Å². The molecule has 3 nitrogen and oxygen atoms in total. The van der Waals surface area contributed by atoms with Gasteiger partial charge in [0.15, 0.2) is 9.84 Å². The van der Waals surface area contributed by atoms with Crippen LogP contribution in [-0.4, -0.2) is 31.1 Å². The van der Waals surface area contributed by atoms with Gasteiger partial charge in [0.05, 0.1) is 11.0 Å². The Morgan fingerprint density at radius 1 is 1.21 bits per heavy atom. The Hall–Kier alpha value is -0.0900. The highest BCUT2D eigenvalue weighted by Crippen LogP contribution is 2.40. The zero-order chi connectivity index (χ0) is 10.2. The molecule has 0 radical (unpaired) electrons. The first-order chi connectivity index (χ1) is 6.65. The maximum Gasteiger partial charge on any atom is 0.153 e. The second-order valence-electron chi connectivity index (χ2n) is 4.59. The normalized spacial score (nSPS) is 33.9. The molecular formula is C10H18O3S. The van der Waals surface area contributed by atoms with E-state index in [4.69, 9.17) is 0 Å². The van der Waals surface area contributed by atoms with Crippen LogP contribution in [-0.2, 0) is 9.84 Å². The highest BCUT2D eigenvalue weighted by Gasteiger charge is 2.42. The minimum absolute atomic E-state index is 0.0243. The predicted octanol–water partition coefficient (Wildman–Crippen LogP) is 0.972. The van der Waals surface area contributed by atoms with Crippen LogP contribution in [0.3, 0.4) is 0 Å². The first-order valence-corrected chi connectivity index (χ1v) is 7.19. The van der Waals surface area contributed by atoms with Crippen molar-refractivity contribution in [2.24, 2.45) is 11.8 Å². The summed E-state index contributed by atoms with van der Waals surface area (Å²) >= 11 is 0. The van der Waals surface area contributed by atoms with Gasteiger partial charge in [0.1, 0.15) is 0 Å². The molecule has 1 saturated heterocycles. The third kappa shape index (κ3) is 1.70. The van der Waals surface area contributed by atoms with E-state index in [1.807, 2.05) is 0 Å². The van der Waals surface area contributed by atoms with Crippen LogP contribution in [0.2, 0.25) is 0 Å². The zero-order valence-corrected chi connectivity index (χ0v) is 9.17. The van der Waals surface area contributed by atoms with Gasteiger partial charge >= 0.3 is 0 Å². The molecule has 2 fully saturated rings. The van der Waals surface area contributed by atoms with Crippen molar-refractivity contribution in [2.75, 3.05) is 12.4 Å². The van der Waals surface area contributed by atoms with Gasteiger partial charge in [-0.15, -0.1) is 0 Å². The van der Waals surface area contributed by atoms with Crippen LogP contribution < -0.4 is 0 Å². The van der Waals surface area contributed by atoms with Crippen molar-refractivity contribution in [2.45, 2.75) is 37.4 Å². The molecule has 0 aromatic carbocycles. The molecule has 0 bridgehead atoms. The summed E-state index contributed by atoms with van der Waals surface area (Å²) in [5.41, 5.74) is 0. The summed E-state index contributed by atoms with van der Waals surface area (Å²) in [4.78, 5) is 0. The Bertz CT molecular complexity index is 292. The summed E-state index contributed by atoms with van der Waals surface area (Å²) in [6.07, 6.45) is 4.97. The molecule has 0 aromatic rings. The number of hydrogen-bond acceptors (Lipinski definition) is 3. The van der Waals surface area contributed by atoms with Gasteiger partial charge in [-0.05, 0) is 18.8 Å². The largest absolute Gasteiger partial charge is 0.396 e. The van der Waals surface area contributed by atoms with Crippen LogP contribution in [0.15, 0.2) is 0 Å². The monoisotopic (exact) mass is 218 g/mol. The molecule has 2 unspecified atom stereocenters. The number of rotatable bonds is 3. The Morgan fingerprint density at radius 2 is 1.93 bits per heavy atom. The minimum Gasteiger partial charge on any atom is -0.396 e. The number of aliphatic hydroxyl groups excluding tert-OH is 1. The lowest BCUT2D eigenvalue weighted by molar-refractivity contribution is 0.118. The molecule has 1 heterocycles. The molecule has 2 atom stereocenters. The van der Waals surface area contributed by atoms with Gasteiger partial charge in [-0.25, -0.2) is 8.42 Å². The van der Waals surface area contributed by atoms with Gasteiger partial charge in [0.25, 0.3) is 0 Å². The van der Waals surface area contributed by atoms with E-state index in [1.165, 1.54) is 6.42 Å². The van der Waals surface area contributed by atoms with E-state index < -0.39 is 9.84 Å². The van der Waals surface area contributed by atoms with Crippen LogP contribution in [0.1, 0.15) is 32.1 Å². The molecule has 0 amide bonds. The fourth-order valence-corrected chi connectivity index (χ4v) is 4.97. The van der Waals surface area contributed by atoms with E-state index in [0.29, 0.717) is 11.7 Å². The molecule has 2 rings (SSSR count). The van der Waals surface area contributed by atoms with E-state index >= 15 is 0 Å². The molecule has 1 saturated carbocycles. The van der Waals surface area contributed by atoms with E-state index in [-0.39, 0.29) is 17.8 Å². The van der Waals surface area contributed by atoms with Crippen LogP contribution in [0, 0.1) is 11.8 Å². The third-order valence-corrected chi connectivity index (χ3v) is 6.19. The zero-order valence-electron chi connectivity index (χ0n) is 8.35. The maximum absolute atomic E-state index is 11.7. The van der Waals surface area contributed by atoms with Crippen molar-refractivity contribution >= 4 is 9.84 Å². The first-order valence-electron chi connectivity index (χ1n) is 5.47. The first kappa shape index (κ1) is 10.4. The summed E-state index contributed by atoms with van der Waals surface area (Å²) < 4.78 is 23.4. The van der Waals surface area contributed by atoms with Crippen molar-refractivity contribution in [3.05, 3.63) is 0 Å². The third-order valence-electron chi connectivity index (χ3n) is 3.82. The van der Waals surface area contributed by atoms with Crippen LogP contribution in [0.5, 0.6) is 0 Å². The van der Waals surface area contributed by atoms with Crippen molar-refractivity contribution in [3.8, 4) is 0 Å². The fraction of sp³-hybridized carbons (Fsp3) is 1.00.